The molecule has 0 saturated carbocycles. The average Bonchev–Trinajstić information content (AvgIpc) is 2.55. The van der Waals surface area contributed by atoms with Gasteiger partial charge in [-0.25, -0.2) is 4.98 Å². The van der Waals surface area contributed by atoms with E-state index in [1.54, 1.807) is 18.3 Å². The second kappa shape index (κ2) is 7.27. The molecule has 3 aromatic rings. The van der Waals surface area contributed by atoms with E-state index in [2.05, 4.69) is 31.5 Å². The zero-order chi connectivity index (χ0) is 16.9. The Kier molecular flexibility index (Phi) is 4.91. The molecule has 0 unspecified atom stereocenters. The Balaban J connectivity index is 1.84. The van der Waals surface area contributed by atoms with E-state index in [0.717, 1.165) is 21.4 Å². The molecule has 0 bridgehead atoms. The molecular formula is C19H16BrN3O. The van der Waals surface area contributed by atoms with Crippen molar-refractivity contribution in [1.82, 2.24) is 4.98 Å². The van der Waals surface area contributed by atoms with Crippen LogP contribution in [0.2, 0.25) is 0 Å². The molecule has 5 heteroatoms. The molecule has 0 atom stereocenters. The van der Waals surface area contributed by atoms with Crippen molar-refractivity contribution in [1.29, 1.82) is 0 Å². The molecule has 2 aromatic carbocycles. The maximum atomic E-state index is 12.6. The summed E-state index contributed by atoms with van der Waals surface area (Å²) in [7, 11) is 0. The molecule has 0 radical (unpaired) electrons. The number of hydrogen-bond acceptors (Lipinski definition) is 3. The summed E-state index contributed by atoms with van der Waals surface area (Å²) in [5, 5.41) is 6.10. The molecule has 1 heterocycles. The summed E-state index contributed by atoms with van der Waals surface area (Å²) in [6.45, 7) is 1.99. The first-order valence-corrected chi connectivity index (χ1v) is 8.27. The summed E-state index contributed by atoms with van der Waals surface area (Å²) in [5.41, 5.74) is 3.19. The van der Waals surface area contributed by atoms with Crippen LogP contribution < -0.4 is 10.6 Å². The van der Waals surface area contributed by atoms with Crippen molar-refractivity contribution in [3.05, 3.63) is 82.5 Å². The van der Waals surface area contributed by atoms with Crippen LogP contribution in [0.3, 0.4) is 0 Å². The van der Waals surface area contributed by atoms with Gasteiger partial charge in [-0.2, -0.15) is 0 Å². The Morgan fingerprint density at radius 2 is 1.79 bits per heavy atom. The Morgan fingerprint density at radius 3 is 2.58 bits per heavy atom. The Bertz CT molecular complexity index is 880. The molecule has 1 amide bonds. The number of anilines is 3. The van der Waals surface area contributed by atoms with E-state index in [4.69, 9.17) is 0 Å². The second-order valence-corrected chi connectivity index (χ2v) is 6.27. The van der Waals surface area contributed by atoms with Crippen molar-refractivity contribution < 1.29 is 4.79 Å². The third-order valence-electron chi connectivity index (χ3n) is 3.42. The molecule has 120 valence electrons. The molecule has 0 aliphatic carbocycles. The largest absolute Gasteiger partial charge is 0.340 e. The van der Waals surface area contributed by atoms with Gasteiger partial charge in [-0.1, -0.05) is 34.1 Å². The summed E-state index contributed by atoms with van der Waals surface area (Å²) >= 11 is 3.43. The number of nitrogens with zero attached hydrogens (tertiary/aromatic N) is 1. The van der Waals surface area contributed by atoms with Crippen molar-refractivity contribution in [3.63, 3.8) is 0 Å². The van der Waals surface area contributed by atoms with Crippen LogP contribution in [0.25, 0.3) is 0 Å². The van der Waals surface area contributed by atoms with Crippen molar-refractivity contribution >= 4 is 39.0 Å². The number of benzene rings is 2. The summed E-state index contributed by atoms with van der Waals surface area (Å²) in [4.78, 5) is 16.9. The highest BCUT2D eigenvalue weighted by Gasteiger charge is 2.13. The fraction of sp³-hybridized carbons (Fsp3) is 0.0526. The van der Waals surface area contributed by atoms with E-state index in [1.165, 1.54) is 0 Å². The number of pyridine rings is 1. The number of halogens is 1. The lowest BCUT2D eigenvalue weighted by molar-refractivity contribution is 0.102. The normalized spacial score (nSPS) is 10.2. The highest BCUT2D eigenvalue weighted by atomic mass is 79.9. The molecule has 1 aromatic heterocycles. The number of hydrogen-bond donors (Lipinski definition) is 2. The topological polar surface area (TPSA) is 54.0 Å². The van der Waals surface area contributed by atoms with E-state index in [0.29, 0.717) is 11.4 Å². The highest BCUT2D eigenvalue weighted by Crippen LogP contribution is 2.22. The molecule has 0 spiro atoms. The zero-order valence-electron chi connectivity index (χ0n) is 13.1. The van der Waals surface area contributed by atoms with Gasteiger partial charge in [0, 0.05) is 22.0 Å². The van der Waals surface area contributed by atoms with E-state index in [-0.39, 0.29) is 5.91 Å². The molecule has 4 nitrogen and oxygen atoms in total. The number of amides is 1. The third-order valence-corrected chi connectivity index (χ3v) is 3.91. The Hall–Kier alpha value is -2.66. The Labute approximate surface area is 149 Å². The van der Waals surface area contributed by atoms with Crippen LogP contribution in [-0.4, -0.2) is 10.9 Å². The SMILES string of the molecule is Cc1cccc(NC(=O)c2cccnc2Nc2cccc(Br)c2)c1. The fourth-order valence-corrected chi connectivity index (χ4v) is 2.71. The summed E-state index contributed by atoms with van der Waals surface area (Å²) in [6.07, 6.45) is 1.66. The van der Waals surface area contributed by atoms with Crippen LogP contribution in [0.15, 0.2) is 71.3 Å². The van der Waals surface area contributed by atoms with Crippen molar-refractivity contribution in [2.75, 3.05) is 10.6 Å². The molecule has 0 aliphatic rings. The van der Waals surface area contributed by atoms with Crippen LogP contribution >= 0.6 is 15.9 Å². The first-order valence-electron chi connectivity index (χ1n) is 7.47. The van der Waals surface area contributed by atoms with Gasteiger partial charge in [0.1, 0.15) is 5.82 Å². The molecule has 0 fully saturated rings. The standard InChI is InChI=1S/C19H16BrN3O/c1-13-5-2-7-15(11-13)23-19(24)17-9-4-10-21-18(17)22-16-8-3-6-14(20)12-16/h2-12H,1H3,(H,21,22)(H,23,24). The number of carbonyl (C=O) groups excluding carboxylic acids is 1. The van der Waals surface area contributed by atoms with Gasteiger partial charge < -0.3 is 10.6 Å². The average molecular weight is 382 g/mol. The van der Waals surface area contributed by atoms with Gasteiger partial charge >= 0.3 is 0 Å². The molecule has 2 N–H and O–H groups in total. The zero-order valence-corrected chi connectivity index (χ0v) is 14.7. The highest BCUT2D eigenvalue weighted by molar-refractivity contribution is 9.10. The first kappa shape index (κ1) is 16.2. The summed E-state index contributed by atoms with van der Waals surface area (Å²) in [6, 6.07) is 18.9. The van der Waals surface area contributed by atoms with Gasteiger partial charge in [0.25, 0.3) is 5.91 Å². The van der Waals surface area contributed by atoms with Crippen molar-refractivity contribution in [2.24, 2.45) is 0 Å². The number of nitrogens with one attached hydrogen (secondary N) is 2. The first-order chi connectivity index (χ1) is 11.6. The number of rotatable bonds is 4. The van der Waals surface area contributed by atoms with E-state index in [9.17, 15) is 4.79 Å². The lowest BCUT2D eigenvalue weighted by Crippen LogP contribution is -2.14. The Morgan fingerprint density at radius 1 is 1.00 bits per heavy atom. The number of aryl methyl sites for hydroxylation is 1. The third kappa shape index (κ3) is 4.00. The monoisotopic (exact) mass is 381 g/mol. The van der Waals surface area contributed by atoms with Gasteiger partial charge in [-0.05, 0) is 55.0 Å². The smallest absolute Gasteiger partial charge is 0.259 e. The van der Waals surface area contributed by atoms with Crippen LogP contribution in [-0.2, 0) is 0 Å². The molecule has 0 saturated heterocycles. The van der Waals surface area contributed by atoms with Crippen molar-refractivity contribution in [3.8, 4) is 0 Å². The minimum atomic E-state index is -0.203. The van der Waals surface area contributed by atoms with Gasteiger partial charge in [-0.3, -0.25) is 4.79 Å². The van der Waals surface area contributed by atoms with Crippen LogP contribution in [0.4, 0.5) is 17.2 Å². The maximum Gasteiger partial charge on any atom is 0.259 e. The minimum Gasteiger partial charge on any atom is -0.340 e. The van der Waals surface area contributed by atoms with E-state index in [1.807, 2.05) is 55.5 Å². The van der Waals surface area contributed by atoms with Crippen LogP contribution in [0.1, 0.15) is 15.9 Å². The molecular weight excluding hydrogens is 366 g/mol. The summed E-state index contributed by atoms with van der Waals surface area (Å²) < 4.78 is 0.953. The van der Waals surface area contributed by atoms with Gasteiger partial charge in [0.2, 0.25) is 0 Å². The fourth-order valence-electron chi connectivity index (χ4n) is 2.31. The maximum absolute atomic E-state index is 12.6. The van der Waals surface area contributed by atoms with Gasteiger partial charge in [0.05, 0.1) is 5.56 Å². The predicted molar refractivity (Wildman–Crippen MR) is 101 cm³/mol. The molecule has 0 aliphatic heterocycles. The van der Waals surface area contributed by atoms with E-state index < -0.39 is 0 Å². The summed E-state index contributed by atoms with van der Waals surface area (Å²) in [5.74, 6) is 0.312. The van der Waals surface area contributed by atoms with Gasteiger partial charge in [0.15, 0.2) is 0 Å². The van der Waals surface area contributed by atoms with Crippen molar-refractivity contribution in [2.45, 2.75) is 6.92 Å². The minimum absolute atomic E-state index is 0.203. The second-order valence-electron chi connectivity index (χ2n) is 5.36. The lowest BCUT2D eigenvalue weighted by Gasteiger charge is -2.11. The number of aromatic nitrogens is 1. The van der Waals surface area contributed by atoms with Crippen LogP contribution in [0.5, 0.6) is 0 Å². The molecule has 24 heavy (non-hydrogen) atoms. The van der Waals surface area contributed by atoms with Crippen LogP contribution in [0, 0.1) is 6.92 Å². The predicted octanol–water partition coefficient (Wildman–Crippen LogP) is 5.15. The number of carbonyl (C=O) groups is 1. The quantitative estimate of drug-likeness (QED) is 0.656. The van der Waals surface area contributed by atoms with Gasteiger partial charge in [-0.15, -0.1) is 0 Å². The van der Waals surface area contributed by atoms with E-state index >= 15 is 0 Å². The molecule has 3 rings (SSSR count). The lowest BCUT2D eigenvalue weighted by atomic mass is 10.2.